The van der Waals surface area contributed by atoms with Crippen molar-refractivity contribution in [1.29, 1.82) is 0 Å². The highest BCUT2D eigenvalue weighted by Gasteiger charge is 2.18. The number of nitrogens with zero attached hydrogens (tertiary/aromatic N) is 4. The van der Waals surface area contributed by atoms with E-state index in [1.54, 1.807) is 0 Å². The van der Waals surface area contributed by atoms with Crippen LogP contribution >= 0.6 is 0 Å². The lowest BCUT2D eigenvalue weighted by molar-refractivity contribution is 1.17. The van der Waals surface area contributed by atoms with E-state index >= 15 is 0 Å². The van der Waals surface area contributed by atoms with Crippen molar-refractivity contribution in [2.45, 2.75) is 0 Å². The molecular formula is C38H22N4. The number of fused-ring (bicyclic) bond motifs is 6. The molecule has 0 aliphatic carbocycles. The largest absolute Gasteiger partial charge is 0.310 e. The third-order valence-electron chi connectivity index (χ3n) is 8.13. The number of benzene rings is 6. The molecule has 6 aromatic carbocycles. The van der Waals surface area contributed by atoms with E-state index in [0.29, 0.717) is 11.4 Å². The van der Waals surface area contributed by atoms with Crippen LogP contribution in [-0.2, 0) is 0 Å². The average molecular weight is 535 g/mol. The Morgan fingerprint density at radius 1 is 0.429 bits per heavy atom. The fraction of sp³-hybridized carbons (Fsp3) is 0. The standard InChI is InChI=1S/C38H22N4/c1-39-26-19-21-37-33(23-26)32-14-5-8-17-36(32)42(37)38-24-27(40-2)18-20-29(38)25-10-9-11-28(22-25)41-34-15-6-3-12-30(34)31-13-4-7-16-35(31)41/h3-24H. The van der Waals surface area contributed by atoms with Crippen LogP contribution in [0.25, 0.3) is 75.8 Å². The van der Waals surface area contributed by atoms with Crippen LogP contribution in [-0.4, -0.2) is 9.13 Å². The van der Waals surface area contributed by atoms with Crippen LogP contribution in [0.5, 0.6) is 0 Å². The number of hydrogen-bond donors (Lipinski definition) is 0. The maximum Gasteiger partial charge on any atom is 0.189 e. The lowest BCUT2D eigenvalue weighted by atomic mass is 10.0. The van der Waals surface area contributed by atoms with Gasteiger partial charge in [-0.3, -0.25) is 0 Å². The van der Waals surface area contributed by atoms with Gasteiger partial charge in [-0.15, -0.1) is 0 Å². The monoisotopic (exact) mass is 534 g/mol. The predicted molar refractivity (Wildman–Crippen MR) is 173 cm³/mol. The molecule has 8 aromatic rings. The van der Waals surface area contributed by atoms with E-state index in [-0.39, 0.29) is 0 Å². The number of para-hydroxylation sites is 3. The summed E-state index contributed by atoms with van der Waals surface area (Å²) >= 11 is 0. The van der Waals surface area contributed by atoms with Gasteiger partial charge in [0, 0.05) is 33.1 Å². The van der Waals surface area contributed by atoms with Crippen LogP contribution in [0.3, 0.4) is 0 Å². The van der Waals surface area contributed by atoms with E-state index in [1.165, 1.54) is 10.8 Å². The zero-order valence-electron chi connectivity index (χ0n) is 22.5. The molecule has 0 fully saturated rings. The molecule has 2 heterocycles. The van der Waals surface area contributed by atoms with Crippen molar-refractivity contribution in [2.75, 3.05) is 0 Å². The summed E-state index contributed by atoms with van der Waals surface area (Å²) in [5.74, 6) is 0. The number of rotatable bonds is 3. The average Bonchev–Trinajstić information content (AvgIpc) is 3.57. The van der Waals surface area contributed by atoms with Gasteiger partial charge in [-0.2, -0.15) is 0 Å². The fourth-order valence-corrected chi connectivity index (χ4v) is 6.32. The summed E-state index contributed by atoms with van der Waals surface area (Å²) in [4.78, 5) is 7.46. The predicted octanol–water partition coefficient (Wildman–Crippen LogP) is 10.6. The Hall–Kier alpha value is -6.10. The Bertz CT molecular complexity index is 2390. The molecule has 0 radical (unpaired) electrons. The van der Waals surface area contributed by atoms with Crippen LogP contribution in [0.1, 0.15) is 0 Å². The topological polar surface area (TPSA) is 18.6 Å². The number of aromatic nitrogens is 2. The lowest BCUT2D eigenvalue weighted by Gasteiger charge is -2.16. The van der Waals surface area contributed by atoms with Gasteiger partial charge in [0.25, 0.3) is 0 Å². The second-order valence-electron chi connectivity index (χ2n) is 10.4. The van der Waals surface area contributed by atoms with E-state index in [1.807, 2.05) is 42.5 Å². The van der Waals surface area contributed by atoms with E-state index in [0.717, 1.165) is 55.3 Å². The Kier molecular flexibility index (Phi) is 5.22. The maximum atomic E-state index is 7.78. The molecule has 8 rings (SSSR count). The highest BCUT2D eigenvalue weighted by Crippen LogP contribution is 2.40. The Morgan fingerprint density at radius 3 is 1.64 bits per heavy atom. The van der Waals surface area contributed by atoms with Gasteiger partial charge in [0.05, 0.1) is 35.2 Å². The van der Waals surface area contributed by atoms with E-state index in [2.05, 4.69) is 110 Å². The van der Waals surface area contributed by atoms with E-state index in [9.17, 15) is 0 Å². The van der Waals surface area contributed by atoms with Gasteiger partial charge in [-0.05, 0) is 59.5 Å². The van der Waals surface area contributed by atoms with Gasteiger partial charge in [0.15, 0.2) is 11.4 Å². The van der Waals surface area contributed by atoms with Crippen molar-refractivity contribution in [1.82, 2.24) is 9.13 Å². The van der Waals surface area contributed by atoms with Gasteiger partial charge in [-0.1, -0.05) is 84.9 Å². The first kappa shape index (κ1) is 23.8. The SMILES string of the molecule is [C-]#[N+]c1ccc(-c2cccc(-n3c4ccccc4c4ccccc43)c2)c(-n2c3ccccc3c3cc([N+]#[C-])ccc32)c1. The molecule has 0 spiro atoms. The van der Waals surface area contributed by atoms with Gasteiger partial charge >= 0.3 is 0 Å². The minimum absolute atomic E-state index is 0.580. The normalized spacial score (nSPS) is 11.3. The van der Waals surface area contributed by atoms with Gasteiger partial charge in [0.2, 0.25) is 0 Å². The second kappa shape index (κ2) is 9.24. The quantitative estimate of drug-likeness (QED) is 0.201. The minimum Gasteiger partial charge on any atom is -0.310 e. The van der Waals surface area contributed by atoms with E-state index < -0.39 is 0 Å². The van der Waals surface area contributed by atoms with E-state index in [4.69, 9.17) is 13.1 Å². The first-order chi connectivity index (χ1) is 20.7. The molecule has 2 aromatic heterocycles. The lowest BCUT2D eigenvalue weighted by Crippen LogP contribution is -1.98. The molecule has 4 nitrogen and oxygen atoms in total. The van der Waals surface area contributed by atoms with Crippen molar-refractivity contribution in [2.24, 2.45) is 0 Å². The smallest absolute Gasteiger partial charge is 0.189 e. The highest BCUT2D eigenvalue weighted by atomic mass is 15.0. The first-order valence-electron chi connectivity index (χ1n) is 13.8. The zero-order valence-corrected chi connectivity index (χ0v) is 22.5. The Morgan fingerprint density at radius 2 is 0.976 bits per heavy atom. The summed E-state index contributed by atoms with van der Waals surface area (Å²) in [6.07, 6.45) is 0. The van der Waals surface area contributed by atoms with Crippen molar-refractivity contribution in [3.8, 4) is 22.5 Å². The summed E-state index contributed by atoms with van der Waals surface area (Å²) in [5, 5.41) is 4.56. The summed E-state index contributed by atoms with van der Waals surface area (Å²) in [6.45, 7) is 15.3. The molecule has 0 saturated heterocycles. The van der Waals surface area contributed by atoms with Crippen LogP contribution in [0.4, 0.5) is 11.4 Å². The molecule has 0 aliphatic heterocycles. The third kappa shape index (κ3) is 3.47. The van der Waals surface area contributed by atoms with Crippen molar-refractivity contribution in [3.63, 3.8) is 0 Å². The maximum absolute atomic E-state index is 7.78. The molecule has 0 N–H and O–H groups in total. The molecule has 0 amide bonds. The molecule has 42 heavy (non-hydrogen) atoms. The third-order valence-corrected chi connectivity index (χ3v) is 8.13. The van der Waals surface area contributed by atoms with Crippen LogP contribution in [0.2, 0.25) is 0 Å². The second-order valence-corrected chi connectivity index (χ2v) is 10.4. The fourth-order valence-electron chi connectivity index (χ4n) is 6.32. The van der Waals surface area contributed by atoms with Crippen LogP contribution in [0.15, 0.2) is 133 Å². The highest BCUT2D eigenvalue weighted by molar-refractivity contribution is 6.11. The summed E-state index contributed by atoms with van der Waals surface area (Å²) in [7, 11) is 0. The molecule has 0 saturated carbocycles. The molecular weight excluding hydrogens is 512 g/mol. The van der Waals surface area contributed by atoms with Gasteiger partial charge < -0.3 is 9.13 Å². The van der Waals surface area contributed by atoms with Gasteiger partial charge in [0.1, 0.15) is 0 Å². The van der Waals surface area contributed by atoms with Crippen molar-refractivity contribution >= 4 is 55.0 Å². The van der Waals surface area contributed by atoms with Crippen molar-refractivity contribution < 1.29 is 0 Å². The molecule has 0 atom stereocenters. The van der Waals surface area contributed by atoms with Crippen molar-refractivity contribution in [3.05, 3.63) is 156 Å². The Labute approximate surface area is 242 Å². The van der Waals surface area contributed by atoms with Crippen LogP contribution in [0, 0.1) is 13.1 Å². The molecule has 0 aliphatic rings. The summed E-state index contributed by atoms with van der Waals surface area (Å²) < 4.78 is 4.56. The van der Waals surface area contributed by atoms with Crippen LogP contribution < -0.4 is 0 Å². The zero-order chi connectivity index (χ0) is 28.2. The van der Waals surface area contributed by atoms with Gasteiger partial charge in [-0.25, -0.2) is 9.69 Å². The Balaban J connectivity index is 1.41. The molecule has 0 bridgehead atoms. The molecule has 0 unspecified atom stereocenters. The first-order valence-corrected chi connectivity index (χ1v) is 13.8. The molecule has 4 heteroatoms. The minimum atomic E-state index is 0.580. The number of hydrogen-bond acceptors (Lipinski definition) is 0. The molecule has 194 valence electrons. The summed E-state index contributed by atoms with van der Waals surface area (Å²) in [5.41, 5.74) is 9.66. The summed E-state index contributed by atoms with van der Waals surface area (Å²) in [6, 6.07) is 45.7.